The SMILES string of the molecule is COc1ccc(Cc2nc(C(=O)Nc3ccccc3N3CCOCC3)cc(=O)[nH]2)cc1. The highest BCUT2D eigenvalue weighted by atomic mass is 16.5. The number of ether oxygens (including phenoxy) is 2. The molecule has 1 saturated heterocycles. The van der Waals surface area contributed by atoms with Crippen molar-refractivity contribution in [2.24, 2.45) is 0 Å². The maximum Gasteiger partial charge on any atom is 0.274 e. The Balaban J connectivity index is 1.53. The summed E-state index contributed by atoms with van der Waals surface area (Å²) in [5.41, 5.74) is 2.24. The molecular weight excluding hydrogens is 396 g/mol. The Morgan fingerprint density at radius 3 is 2.65 bits per heavy atom. The van der Waals surface area contributed by atoms with E-state index in [4.69, 9.17) is 9.47 Å². The topological polar surface area (TPSA) is 96.5 Å². The number of carbonyl (C=O) groups excluding carboxylic acids is 1. The number of morpholine rings is 1. The van der Waals surface area contributed by atoms with E-state index >= 15 is 0 Å². The van der Waals surface area contributed by atoms with Gasteiger partial charge in [-0.2, -0.15) is 0 Å². The summed E-state index contributed by atoms with van der Waals surface area (Å²) in [6, 6.07) is 16.3. The molecule has 1 aliphatic rings. The Bertz CT molecular complexity index is 1110. The number of amides is 1. The van der Waals surface area contributed by atoms with E-state index in [1.54, 1.807) is 7.11 Å². The molecule has 2 N–H and O–H groups in total. The van der Waals surface area contributed by atoms with Gasteiger partial charge in [0.05, 0.1) is 31.7 Å². The van der Waals surface area contributed by atoms with Crippen molar-refractivity contribution in [3.63, 3.8) is 0 Å². The fourth-order valence-electron chi connectivity index (χ4n) is 3.49. The number of rotatable bonds is 6. The highest BCUT2D eigenvalue weighted by molar-refractivity contribution is 6.04. The van der Waals surface area contributed by atoms with Crippen molar-refractivity contribution in [3.8, 4) is 5.75 Å². The number of aromatic nitrogens is 2. The fourth-order valence-corrected chi connectivity index (χ4v) is 3.49. The van der Waals surface area contributed by atoms with E-state index in [1.807, 2.05) is 48.5 Å². The van der Waals surface area contributed by atoms with Crippen LogP contribution in [0.3, 0.4) is 0 Å². The number of methoxy groups -OCH3 is 1. The minimum Gasteiger partial charge on any atom is -0.497 e. The summed E-state index contributed by atoms with van der Waals surface area (Å²) < 4.78 is 10.6. The number of hydrogen-bond donors (Lipinski definition) is 2. The third-order valence-corrected chi connectivity index (χ3v) is 5.06. The molecule has 0 atom stereocenters. The first-order valence-corrected chi connectivity index (χ1v) is 10.1. The average molecular weight is 420 g/mol. The third-order valence-electron chi connectivity index (χ3n) is 5.06. The maximum atomic E-state index is 12.9. The number of anilines is 2. The van der Waals surface area contributed by atoms with Crippen LogP contribution in [0.4, 0.5) is 11.4 Å². The van der Waals surface area contributed by atoms with Crippen LogP contribution in [-0.4, -0.2) is 49.3 Å². The van der Waals surface area contributed by atoms with Gasteiger partial charge in [0.25, 0.3) is 11.5 Å². The molecule has 1 aliphatic heterocycles. The van der Waals surface area contributed by atoms with Gasteiger partial charge in [-0.25, -0.2) is 4.98 Å². The molecule has 0 saturated carbocycles. The number of H-pyrrole nitrogens is 1. The number of nitrogens with zero attached hydrogens (tertiary/aromatic N) is 2. The minimum atomic E-state index is -0.428. The van der Waals surface area contributed by atoms with Crippen molar-refractivity contribution in [2.75, 3.05) is 43.6 Å². The van der Waals surface area contributed by atoms with Gasteiger partial charge in [0, 0.05) is 25.6 Å². The van der Waals surface area contributed by atoms with Crippen molar-refractivity contribution < 1.29 is 14.3 Å². The fraction of sp³-hybridized carbons (Fsp3) is 0.261. The van der Waals surface area contributed by atoms with E-state index in [2.05, 4.69) is 20.2 Å². The Hall–Kier alpha value is -3.65. The summed E-state index contributed by atoms with van der Waals surface area (Å²) in [4.78, 5) is 34.3. The lowest BCUT2D eigenvalue weighted by Crippen LogP contribution is -2.36. The molecular formula is C23H24N4O4. The van der Waals surface area contributed by atoms with Crippen LogP contribution in [0, 0.1) is 0 Å². The molecule has 8 heteroatoms. The Kier molecular flexibility index (Phi) is 6.28. The molecule has 1 aromatic heterocycles. The summed E-state index contributed by atoms with van der Waals surface area (Å²) in [7, 11) is 1.60. The summed E-state index contributed by atoms with van der Waals surface area (Å²) in [5.74, 6) is 0.740. The summed E-state index contributed by atoms with van der Waals surface area (Å²) in [6.07, 6.45) is 0.394. The second-order valence-electron chi connectivity index (χ2n) is 7.17. The van der Waals surface area contributed by atoms with Gasteiger partial charge in [-0.1, -0.05) is 24.3 Å². The molecule has 0 spiro atoms. The first kappa shape index (κ1) is 20.6. The Morgan fingerprint density at radius 2 is 1.90 bits per heavy atom. The number of para-hydroxylation sites is 2. The molecule has 1 fully saturated rings. The highest BCUT2D eigenvalue weighted by Gasteiger charge is 2.17. The summed E-state index contributed by atoms with van der Waals surface area (Å²) in [6.45, 7) is 2.80. The van der Waals surface area contributed by atoms with Gasteiger partial charge in [-0.3, -0.25) is 9.59 Å². The van der Waals surface area contributed by atoms with Crippen LogP contribution in [0.2, 0.25) is 0 Å². The molecule has 3 aromatic rings. The summed E-state index contributed by atoms with van der Waals surface area (Å²) >= 11 is 0. The molecule has 2 heterocycles. The molecule has 8 nitrogen and oxygen atoms in total. The quantitative estimate of drug-likeness (QED) is 0.636. The lowest BCUT2D eigenvalue weighted by molar-refractivity contribution is 0.102. The van der Waals surface area contributed by atoms with Crippen molar-refractivity contribution in [1.82, 2.24) is 9.97 Å². The molecule has 1 amide bonds. The van der Waals surface area contributed by atoms with Gasteiger partial charge >= 0.3 is 0 Å². The van der Waals surface area contributed by atoms with E-state index in [1.165, 1.54) is 6.07 Å². The number of carbonyl (C=O) groups is 1. The zero-order chi connectivity index (χ0) is 21.6. The number of nitrogens with one attached hydrogen (secondary N) is 2. The number of benzene rings is 2. The smallest absolute Gasteiger partial charge is 0.274 e. The van der Waals surface area contributed by atoms with Gasteiger partial charge in [0.1, 0.15) is 17.3 Å². The Morgan fingerprint density at radius 1 is 1.16 bits per heavy atom. The van der Waals surface area contributed by atoms with Crippen LogP contribution in [0.15, 0.2) is 59.4 Å². The van der Waals surface area contributed by atoms with Gasteiger partial charge in [0.15, 0.2) is 0 Å². The standard InChI is InChI=1S/C23H24N4O4/c1-30-17-8-6-16(7-9-17)14-21-24-19(15-22(28)26-21)23(29)25-18-4-2-3-5-20(18)27-10-12-31-13-11-27/h2-9,15H,10-14H2,1H3,(H,25,29)(H,24,26,28). The lowest BCUT2D eigenvalue weighted by Gasteiger charge is -2.30. The molecule has 160 valence electrons. The van der Waals surface area contributed by atoms with Crippen LogP contribution < -0.4 is 20.5 Å². The maximum absolute atomic E-state index is 12.9. The van der Waals surface area contributed by atoms with Crippen LogP contribution >= 0.6 is 0 Å². The molecule has 0 unspecified atom stereocenters. The predicted molar refractivity (Wildman–Crippen MR) is 118 cm³/mol. The summed E-state index contributed by atoms with van der Waals surface area (Å²) in [5, 5.41) is 2.90. The van der Waals surface area contributed by atoms with Crippen LogP contribution in [0.5, 0.6) is 5.75 Å². The van der Waals surface area contributed by atoms with Crippen LogP contribution in [-0.2, 0) is 11.2 Å². The van der Waals surface area contributed by atoms with Gasteiger partial charge in [0.2, 0.25) is 0 Å². The highest BCUT2D eigenvalue weighted by Crippen LogP contribution is 2.26. The first-order valence-electron chi connectivity index (χ1n) is 10.1. The predicted octanol–water partition coefficient (Wildman–Crippen LogP) is 2.46. The third kappa shape index (κ3) is 5.10. The number of hydrogen-bond acceptors (Lipinski definition) is 6. The van der Waals surface area contributed by atoms with E-state index in [-0.39, 0.29) is 11.3 Å². The molecule has 4 rings (SSSR count). The van der Waals surface area contributed by atoms with Crippen molar-refractivity contribution in [3.05, 3.63) is 82.0 Å². The molecule has 0 bridgehead atoms. The largest absolute Gasteiger partial charge is 0.497 e. The normalized spacial score (nSPS) is 13.6. The Labute approximate surface area is 179 Å². The zero-order valence-electron chi connectivity index (χ0n) is 17.3. The second kappa shape index (κ2) is 9.44. The first-order chi connectivity index (χ1) is 15.1. The van der Waals surface area contributed by atoms with E-state index in [9.17, 15) is 9.59 Å². The van der Waals surface area contributed by atoms with E-state index in [0.717, 1.165) is 30.1 Å². The van der Waals surface area contributed by atoms with Gasteiger partial charge in [-0.05, 0) is 29.8 Å². The van der Waals surface area contributed by atoms with E-state index in [0.29, 0.717) is 31.1 Å². The van der Waals surface area contributed by atoms with Gasteiger partial charge < -0.3 is 24.7 Å². The number of aromatic amines is 1. The van der Waals surface area contributed by atoms with Crippen molar-refractivity contribution in [1.29, 1.82) is 0 Å². The molecule has 0 radical (unpaired) electrons. The van der Waals surface area contributed by atoms with Crippen molar-refractivity contribution >= 4 is 17.3 Å². The molecule has 2 aromatic carbocycles. The lowest BCUT2D eigenvalue weighted by atomic mass is 10.1. The zero-order valence-corrected chi connectivity index (χ0v) is 17.3. The van der Waals surface area contributed by atoms with E-state index < -0.39 is 5.91 Å². The monoisotopic (exact) mass is 420 g/mol. The average Bonchev–Trinajstić information content (AvgIpc) is 2.80. The van der Waals surface area contributed by atoms with Crippen LogP contribution in [0.25, 0.3) is 0 Å². The van der Waals surface area contributed by atoms with Crippen LogP contribution in [0.1, 0.15) is 21.9 Å². The molecule has 31 heavy (non-hydrogen) atoms. The van der Waals surface area contributed by atoms with Gasteiger partial charge in [-0.15, -0.1) is 0 Å². The molecule has 0 aliphatic carbocycles. The minimum absolute atomic E-state index is 0.0732. The second-order valence-corrected chi connectivity index (χ2v) is 7.17. The van der Waals surface area contributed by atoms with Crippen molar-refractivity contribution in [2.45, 2.75) is 6.42 Å².